The lowest BCUT2D eigenvalue weighted by atomic mass is 10.1. The molecule has 120 valence electrons. The molecular formula is C18H21N3O2. The minimum absolute atomic E-state index is 0.0196. The van der Waals surface area contributed by atoms with Gasteiger partial charge in [-0.1, -0.05) is 36.4 Å². The Morgan fingerprint density at radius 1 is 1.04 bits per heavy atom. The van der Waals surface area contributed by atoms with Crippen molar-refractivity contribution in [1.29, 1.82) is 0 Å². The van der Waals surface area contributed by atoms with Gasteiger partial charge in [-0.05, 0) is 17.7 Å². The summed E-state index contributed by atoms with van der Waals surface area (Å²) in [5.41, 5.74) is 1.42. The SMILES string of the molecule is O=C(c1ccccn1)N1CCN(C[C@@H](O)c2ccccc2)CC1. The van der Waals surface area contributed by atoms with Crippen LogP contribution in [0.3, 0.4) is 0 Å². The van der Waals surface area contributed by atoms with Crippen LogP contribution in [0.5, 0.6) is 0 Å². The zero-order valence-electron chi connectivity index (χ0n) is 13.0. The van der Waals surface area contributed by atoms with Crippen molar-refractivity contribution in [2.45, 2.75) is 6.10 Å². The summed E-state index contributed by atoms with van der Waals surface area (Å²) in [7, 11) is 0. The van der Waals surface area contributed by atoms with E-state index in [0.29, 0.717) is 25.3 Å². The summed E-state index contributed by atoms with van der Waals surface area (Å²) in [5, 5.41) is 10.3. The highest BCUT2D eigenvalue weighted by Crippen LogP contribution is 2.15. The molecule has 1 amide bonds. The number of hydrogen-bond acceptors (Lipinski definition) is 4. The van der Waals surface area contributed by atoms with Crippen LogP contribution in [-0.2, 0) is 0 Å². The lowest BCUT2D eigenvalue weighted by Gasteiger charge is -2.35. The molecule has 1 saturated heterocycles. The van der Waals surface area contributed by atoms with Gasteiger partial charge in [-0.25, -0.2) is 0 Å². The molecule has 5 nitrogen and oxygen atoms in total. The normalized spacial score (nSPS) is 17.0. The molecule has 23 heavy (non-hydrogen) atoms. The van der Waals surface area contributed by atoms with Crippen molar-refractivity contribution in [3.05, 3.63) is 66.0 Å². The molecule has 1 aliphatic heterocycles. The number of carbonyl (C=O) groups excluding carboxylic acids is 1. The Morgan fingerprint density at radius 3 is 2.39 bits per heavy atom. The van der Waals surface area contributed by atoms with Crippen LogP contribution in [0.15, 0.2) is 54.7 Å². The fraction of sp³-hybridized carbons (Fsp3) is 0.333. The summed E-state index contributed by atoms with van der Waals surface area (Å²) in [6.45, 7) is 3.45. The van der Waals surface area contributed by atoms with Gasteiger partial charge in [0.1, 0.15) is 5.69 Å². The Labute approximate surface area is 136 Å². The van der Waals surface area contributed by atoms with Gasteiger partial charge in [-0.2, -0.15) is 0 Å². The Hall–Kier alpha value is -2.24. The van der Waals surface area contributed by atoms with Crippen LogP contribution in [-0.4, -0.2) is 58.5 Å². The van der Waals surface area contributed by atoms with Gasteiger partial charge in [0, 0.05) is 38.9 Å². The van der Waals surface area contributed by atoms with Crippen LogP contribution >= 0.6 is 0 Å². The van der Waals surface area contributed by atoms with Crippen LogP contribution in [0.25, 0.3) is 0 Å². The number of aliphatic hydroxyl groups excluding tert-OH is 1. The molecule has 0 radical (unpaired) electrons. The first kappa shape index (κ1) is 15.6. The molecule has 1 fully saturated rings. The lowest BCUT2D eigenvalue weighted by Crippen LogP contribution is -2.49. The monoisotopic (exact) mass is 311 g/mol. The highest BCUT2D eigenvalue weighted by Gasteiger charge is 2.24. The van der Waals surface area contributed by atoms with E-state index in [9.17, 15) is 9.90 Å². The van der Waals surface area contributed by atoms with Crippen LogP contribution in [0.1, 0.15) is 22.2 Å². The second kappa shape index (κ2) is 7.35. The molecular weight excluding hydrogens is 290 g/mol. The van der Waals surface area contributed by atoms with E-state index in [0.717, 1.165) is 18.7 Å². The maximum absolute atomic E-state index is 12.3. The smallest absolute Gasteiger partial charge is 0.272 e. The highest BCUT2D eigenvalue weighted by atomic mass is 16.3. The van der Waals surface area contributed by atoms with E-state index < -0.39 is 6.10 Å². The number of pyridine rings is 1. The summed E-state index contributed by atoms with van der Waals surface area (Å²) in [6.07, 6.45) is 1.15. The predicted octanol–water partition coefficient (Wildman–Crippen LogP) is 1.57. The van der Waals surface area contributed by atoms with Gasteiger partial charge in [-0.15, -0.1) is 0 Å². The van der Waals surface area contributed by atoms with E-state index in [1.165, 1.54) is 0 Å². The third-order valence-corrected chi connectivity index (χ3v) is 4.16. The average Bonchev–Trinajstić information content (AvgIpc) is 2.63. The molecule has 3 rings (SSSR count). The number of piperazine rings is 1. The van der Waals surface area contributed by atoms with E-state index >= 15 is 0 Å². The van der Waals surface area contributed by atoms with Crippen LogP contribution in [0, 0.1) is 0 Å². The molecule has 0 aliphatic carbocycles. The maximum Gasteiger partial charge on any atom is 0.272 e. The van der Waals surface area contributed by atoms with Crippen LogP contribution < -0.4 is 0 Å². The second-order valence-corrected chi connectivity index (χ2v) is 5.73. The largest absolute Gasteiger partial charge is 0.387 e. The average molecular weight is 311 g/mol. The van der Waals surface area contributed by atoms with E-state index in [2.05, 4.69) is 9.88 Å². The number of aromatic nitrogens is 1. The first-order valence-electron chi connectivity index (χ1n) is 7.90. The first-order chi connectivity index (χ1) is 11.2. The Bertz CT molecular complexity index is 625. The standard InChI is InChI=1S/C18H21N3O2/c22-17(15-6-2-1-3-7-15)14-20-10-12-21(13-11-20)18(23)16-8-4-5-9-19-16/h1-9,17,22H,10-14H2/t17-/m1/s1. The molecule has 1 aromatic carbocycles. The zero-order valence-corrected chi connectivity index (χ0v) is 13.0. The van der Waals surface area contributed by atoms with Gasteiger partial charge >= 0.3 is 0 Å². The van der Waals surface area contributed by atoms with Crippen molar-refractivity contribution in [1.82, 2.24) is 14.8 Å². The minimum atomic E-state index is -0.491. The fourth-order valence-electron chi connectivity index (χ4n) is 2.81. The van der Waals surface area contributed by atoms with Crippen LogP contribution in [0.4, 0.5) is 0 Å². The summed E-state index contributed by atoms with van der Waals surface area (Å²) < 4.78 is 0. The molecule has 2 aromatic rings. The number of carbonyl (C=O) groups is 1. The molecule has 0 saturated carbocycles. The molecule has 2 heterocycles. The summed E-state index contributed by atoms with van der Waals surface area (Å²) in [6, 6.07) is 15.1. The number of amides is 1. The Balaban J connectivity index is 1.52. The van der Waals surface area contributed by atoms with Crippen molar-refractivity contribution in [2.75, 3.05) is 32.7 Å². The molecule has 5 heteroatoms. The number of hydrogen-bond donors (Lipinski definition) is 1. The Kier molecular flexibility index (Phi) is 5.00. The number of aliphatic hydroxyl groups is 1. The summed E-state index contributed by atoms with van der Waals surface area (Å²) in [4.78, 5) is 20.5. The number of β-amino-alcohol motifs (C(OH)–C–C–N with tert-alkyl or cyclic N) is 1. The van der Waals surface area contributed by atoms with E-state index in [4.69, 9.17) is 0 Å². The molecule has 1 atom stereocenters. The topological polar surface area (TPSA) is 56.7 Å². The molecule has 1 aliphatic rings. The molecule has 0 unspecified atom stereocenters. The Morgan fingerprint density at radius 2 is 1.74 bits per heavy atom. The van der Waals surface area contributed by atoms with Gasteiger partial charge in [0.2, 0.25) is 0 Å². The lowest BCUT2D eigenvalue weighted by molar-refractivity contribution is 0.0523. The van der Waals surface area contributed by atoms with Crippen molar-refractivity contribution in [3.8, 4) is 0 Å². The van der Waals surface area contributed by atoms with Gasteiger partial charge in [-0.3, -0.25) is 14.7 Å². The summed E-state index contributed by atoms with van der Waals surface area (Å²) in [5.74, 6) is -0.0196. The van der Waals surface area contributed by atoms with Gasteiger partial charge in [0.15, 0.2) is 0 Å². The zero-order chi connectivity index (χ0) is 16.1. The molecule has 0 bridgehead atoms. The molecule has 0 spiro atoms. The minimum Gasteiger partial charge on any atom is -0.387 e. The number of nitrogens with zero attached hydrogens (tertiary/aromatic N) is 3. The highest BCUT2D eigenvalue weighted by molar-refractivity contribution is 5.92. The van der Waals surface area contributed by atoms with Crippen molar-refractivity contribution in [2.24, 2.45) is 0 Å². The van der Waals surface area contributed by atoms with E-state index in [1.807, 2.05) is 41.3 Å². The summed E-state index contributed by atoms with van der Waals surface area (Å²) >= 11 is 0. The fourth-order valence-corrected chi connectivity index (χ4v) is 2.81. The first-order valence-corrected chi connectivity index (χ1v) is 7.90. The second-order valence-electron chi connectivity index (χ2n) is 5.73. The predicted molar refractivity (Wildman–Crippen MR) is 88.0 cm³/mol. The van der Waals surface area contributed by atoms with E-state index in [-0.39, 0.29) is 5.91 Å². The van der Waals surface area contributed by atoms with Crippen molar-refractivity contribution in [3.63, 3.8) is 0 Å². The number of rotatable bonds is 4. The maximum atomic E-state index is 12.3. The van der Waals surface area contributed by atoms with E-state index in [1.54, 1.807) is 18.3 Å². The third-order valence-electron chi connectivity index (χ3n) is 4.16. The molecule has 1 N–H and O–H groups in total. The van der Waals surface area contributed by atoms with Gasteiger partial charge in [0.05, 0.1) is 6.10 Å². The third kappa shape index (κ3) is 3.94. The van der Waals surface area contributed by atoms with Crippen molar-refractivity contribution < 1.29 is 9.90 Å². The molecule has 1 aromatic heterocycles. The van der Waals surface area contributed by atoms with Gasteiger partial charge in [0.25, 0.3) is 5.91 Å². The quantitative estimate of drug-likeness (QED) is 0.931. The van der Waals surface area contributed by atoms with Gasteiger partial charge < -0.3 is 10.0 Å². The van der Waals surface area contributed by atoms with Crippen LogP contribution in [0.2, 0.25) is 0 Å². The van der Waals surface area contributed by atoms with Crippen molar-refractivity contribution >= 4 is 5.91 Å². The number of benzene rings is 1.